The Balaban J connectivity index is 0.000000500. The second-order valence-corrected chi connectivity index (χ2v) is 6.41. The molecule has 0 fully saturated rings. The standard InChI is InChI=1S/C17H20FNO.C4H8.C2H6/c1-10-6-12-4-5-13(18)7-16(12)17-15(11(10)2)8-14(20-17)9-19-3;1-3-4-2;1-2/h4-5,7,10,14,19H,2,6,8-9H2,1,3H3;3-4H,1-2H3;1-2H3/b;4-3-;. The summed E-state index contributed by atoms with van der Waals surface area (Å²) >= 11 is 0. The maximum Gasteiger partial charge on any atom is 0.131 e. The largest absolute Gasteiger partial charge is 0.488 e. The van der Waals surface area contributed by atoms with E-state index in [0.717, 1.165) is 41.8 Å². The van der Waals surface area contributed by atoms with E-state index in [0.29, 0.717) is 5.92 Å². The Hall–Kier alpha value is -1.87. The topological polar surface area (TPSA) is 21.3 Å². The van der Waals surface area contributed by atoms with Gasteiger partial charge < -0.3 is 10.1 Å². The van der Waals surface area contributed by atoms with Gasteiger partial charge in [-0.2, -0.15) is 0 Å². The zero-order valence-electron chi connectivity index (χ0n) is 17.2. The van der Waals surface area contributed by atoms with Gasteiger partial charge in [0.1, 0.15) is 17.7 Å². The lowest BCUT2D eigenvalue weighted by Crippen LogP contribution is -2.23. The lowest BCUT2D eigenvalue weighted by atomic mass is 9.90. The Labute approximate surface area is 158 Å². The first-order valence-corrected chi connectivity index (χ1v) is 9.61. The Morgan fingerprint density at radius 1 is 1.23 bits per heavy atom. The van der Waals surface area contributed by atoms with Gasteiger partial charge in [-0.1, -0.05) is 45.6 Å². The highest BCUT2D eigenvalue weighted by molar-refractivity contribution is 5.73. The van der Waals surface area contributed by atoms with E-state index in [2.05, 4.69) is 18.8 Å². The van der Waals surface area contributed by atoms with Crippen LogP contribution in [0.25, 0.3) is 5.76 Å². The van der Waals surface area contributed by atoms with E-state index in [1.54, 1.807) is 6.07 Å². The molecule has 1 aromatic carbocycles. The number of allylic oxidation sites excluding steroid dienone is 3. The number of benzene rings is 1. The molecule has 1 heterocycles. The minimum absolute atomic E-state index is 0.114. The average Bonchev–Trinajstić information content (AvgIpc) is 3.04. The van der Waals surface area contributed by atoms with Gasteiger partial charge in [-0.05, 0) is 56.5 Å². The van der Waals surface area contributed by atoms with Gasteiger partial charge in [0.15, 0.2) is 0 Å². The van der Waals surface area contributed by atoms with E-state index in [1.165, 1.54) is 11.6 Å². The van der Waals surface area contributed by atoms with E-state index in [-0.39, 0.29) is 11.9 Å². The summed E-state index contributed by atoms with van der Waals surface area (Å²) in [6.07, 6.45) is 5.86. The van der Waals surface area contributed by atoms with Crippen LogP contribution < -0.4 is 5.32 Å². The van der Waals surface area contributed by atoms with Crippen LogP contribution in [0, 0.1) is 11.7 Å². The molecule has 0 bridgehead atoms. The average molecular weight is 360 g/mol. The van der Waals surface area contributed by atoms with Crippen molar-refractivity contribution in [2.24, 2.45) is 5.92 Å². The van der Waals surface area contributed by atoms with Crippen molar-refractivity contribution < 1.29 is 9.13 Å². The summed E-state index contributed by atoms with van der Waals surface area (Å²) in [6.45, 7) is 15.2. The molecule has 144 valence electrons. The molecule has 0 saturated heterocycles. The molecule has 2 aliphatic rings. The number of hydrogen-bond donors (Lipinski definition) is 1. The molecule has 0 saturated carbocycles. The molecular weight excluding hydrogens is 325 g/mol. The molecule has 3 rings (SSSR count). The Bertz CT molecular complexity index is 656. The first kappa shape index (κ1) is 22.2. The van der Waals surface area contributed by atoms with Crippen LogP contribution in [0.4, 0.5) is 4.39 Å². The second kappa shape index (κ2) is 11.0. The molecule has 0 amide bonds. The van der Waals surface area contributed by atoms with Gasteiger partial charge in [-0.25, -0.2) is 4.39 Å². The fourth-order valence-corrected chi connectivity index (χ4v) is 3.13. The van der Waals surface area contributed by atoms with Crippen LogP contribution in [0.2, 0.25) is 0 Å². The number of rotatable bonds is 2. The van der Waals surface area contributed by atoms with E-state index < -0.39 is 0 Å². The van der Waals surface area contributed by atoms with Gasteiger partial charge in [0.25, 0.3) is 0 Å². The van der Waals surface area contributed by atoms with E-state index in [1.807, 2.05) is 53.0 Å². The molecule has 0 radical (unpaired) electrons. The molecule has 1 aliphatic heterocycles. The van der Waals surface area contributed by atoms with Gasteiger partial charge >= 0.3 is 0 Å². The van der Waals surface area contributed by atoms with Crippen molar-refractivity contribution in [2.45, 2.75) is 53.6 Å². The monoisotopic (exact) mass is 359 g/mol. The summed E-state index contributed by atoms with van der Waals surface area (Å²) in [5.74, 6) is 0.995. The van der Waals surface area contributed by atoms with Crippen LogP contribution in [0.5, 0.6) is 0 Å². The summed E-state index contributed by atoms with van der Waals surface area (Å²) in [4.78, 5) is 0. The third-order valence-electron chi connectivity index (χ3n) is 4.58. The highest BCUT2D eigenvalue weighted by atomic mass is 19.1. The van der Waals surface area contributed by atoms with Gasteiger partial charge in [-0.3, -0.25) is 0 Å². The molecule has 3 heteroatoms. The highest BCUT2D eigenvalue weighted by Crippen LogP contribution is 2.43. The quantitative estimate of drug-likeness (QED) is 0.664. The van der Waals surface area contributed by atoms with Crippen molar-refractivity contribution in [1.82, 2.24) is 5.32 Å². The number of ether oxygens (including phenoxy) is 1. The number of fused-ring (bicyclic) bond motifs is 2. The summed E-state index contributed by atoms with van der Waals surface area (Å²) in [5, 5.41) is 3.14. The van der Waals surface area contributed by atoms with Crippen LogP contribution in [0.15, 0.2) is 48.1 Å². The zero-order chi connectivity index (χ0) is 19.7. The Morgan fingerprint density at radius 3 is 2.46 bits per heavy atom. The molecule has 0 aromatic heterocycles. The number of hydrogen-bond acceptors (Lipinski definition) is 2. The van der Waals surface area contributed by atoms with E-state index in [9.17, 15) is 4.39 Å². The first-order valence-electron chi connectivity index (χ1n) is 9.61. The van der Waals surface area contributed by atoms with Crippen molar-refractivity contribution in [3.8, 4) is 0 Å². The van der Waals surface area contributed by atoms with Crippen LogP contribution in [0.1, 0.15) is 52.2 Å². The SMILES string of the molecule is C/C=C\C.C=C1C2=C(OC(CNC)C2)c2cc(F)ccc2CC1C.CC. The predicted molar refractivity (Wildman–Crippen MR) is 111 cm³/mol. The second-order valence-electron chi connectivity index (χ2n) is 6.41. The van der Waals surface area contributed by atoms with Crippen molar-refractivity contribution >= 4 is 5.76 Å². The lowest BCUT2D eigenvalue weighted by molar-refractivity contribution is 0.189. The van der Waals surface area contributed by atoms with E-state index >= 15 is 0 Å². The molecule has 2 nitrogen and oxygen atoms in total. The number of halogens is 1. The minimum Gasteiger partial charge on any atom is -0.488 e. The van der Waals surface area contributed by atoms with Gasteiger partial charge in [-0.15, -0.1) is 0 Å². The lowest BCUT2D eigenvalue weighted by Gasteiger charge is -2.17. The molecule has 0 spiro atoms. The molecular formula is C23H34FNO. The van der Waals surface area contributed by atoms with Crippen molar-refractivity contribution in [2.75, 3.05) is 13.6 Å². The zero-order valence-corrected chi connectivity index (χ0v) is 17.2. The predicted octanol–water partition coefficient (Wildman–Crippen LogP) is 5.90. The fraction of sp³-hybridized carbons (Fsp3) is 0.478. The van der Waals surface area contributed by atoms with Crippen molar-refractivity contribution in [3.05, 3.63) is 65.0 Å². The van der Waals surface area contributed by atoms with Crippen LogP contribution in [0.3, 0.4) is 0 Å². The fourth-order valence-electron chi connectivity index (χ4n) is 3.13. The Morgan fingerprint density at radius 2 is 1.88 bits per heavy atom. The maximum absolute atomic E-state index is 13.6. The molecule has 2 unspecified atom stereocenters. The minimum atomic E-state index is -0.212. The van der Waals surface area contributed by atoms with Gasteiger partial charge in [0.05, 0.1) is 0 Å². The highest BCUT2D eigenvalue weighted by Gasteiger charge is 2.33. The number of likely N-dealkylation sites (N-methyl/N-ethyl adjacent to an activating group) is 1. The van der Waals surface area contributed by atoms with Crippen molar-refractivity contribution in [1.29, 1.82) is 0 Å². The molecule has 1 aliphatic carbocycles. The molecule has 1 N–H and O–H groups in total. The third kappa shape index (κ3) is 5.31. The summed E-state index contributed by atoms with van der Waals surface area (Å²) in [5.41, 5.74) is 4.36. The van der Waals surface area contributed by atoms with Crippen LogP contribution in [-0.4, -0.2) is 19.7 Å². The Kier molecular flexibility index (Phi) is 9.36. The summed E-state index contributed by atoms with van der Waals surface area (Å²) < 4.78 is 19.7. The molecule has 2 atom stereocenters. The smallest absolute Gasteiger partial charge is 0.131 e. The summed E-state index contributed by atoms with van der Waals surface area (Å²) in [7, 11) is 1.91. The van der Waals surface area contributed by atoms with Crippen LogP contribution in [-0.2, 0) is 11.2 Å². The van der Waals surface area contributed by atoms with E-state index in [4.69, 9.17) is 4.74 Å². The summed E-state index contributed by atoms with van der Waals surface area (Å²) in [6, 6.07) is 5.00. The first-order chi connectivity index (χ1) is 12.5. The normalized spacial score (nSPS) is 21.0. The maximum atomic E-state index is 13.6. The number of nitrogens with one attached hydrogen (secondary N) is 1. The van der Waals surface area contributed by atoms with Crippen molar-refractivity contribution in [3.63, 3.8) is 0 Å². The third-order valence-corrected chi connectivity index (χ3v) is 4.58. The van der Waals surface area contributed by atoms with Crippen LogP contribution >= 0.6 is 0 Å². The molecule has 26 heavy (non-hydrogen) atoms. The van der Waals surface area contributed by atoms with Gasteiger partial charge in [0, 0.05) is 24.1 Å². The molecule has 1 aromatic rings. The van der Waals surface area contributed by atoms with Gasteiger partial charge in [0.2, 0.25) is 0 Å².